The van der Waals surface area contributed by atoms with Crippen LogP contribution in [0.1, 0.15) is 56.1 Å². The fourth-order valence-electron chi connectivity index (χ4n) is 4.42. The summed E-state index contributed by atoms with van der Waals surface area (Å²) in [6, 6.07) is 3.57. The second-order valence-corrected chi connectivity index (χ2v) is 7.04. The van der Waals surface area contributed by atoms with Gasteiger partial charge in [-0.3, -0.25) is 0 Å². The van der Waals surface area contributed by atoms with Gasteiger partial charge in [-0.05, 0) is 67.1 Å². The van der Waals surface area contributed by atoms with Crippen molar-refractivity contribution in [3.8, 4) is 5.75 Å². The molecule has 2 N–H and O–H groups in total. The third-order valence-electron chi connectivity index (χ3n) is 5.87. The van der Waals surface area contributed by atoms with Gasteiger partial charge in [-0.2, -0.15) is 13.2 Å². The molecule has 22 heavy (non-hydrogen) atoms. The maximum Gasteiger partial charge on any atom is 0.416 e. The SMILES string of the molecule is C[C@]12CC[C@H](c3ccc(O)cc3C(F)(F)F)C[C@@H]1CC[C@@H]2O. The zero-order valence-corrected chi connectivity index (χ0v) is 12.5. The zero-order valence-electron chi connectivity index (χ0n) is 12.5. The number of aromatic hydroxyl groups is 1. The van der Waals surface area contributed by atoms with Crippen molar-refractivity contribution in [2.45, 2.75) is 57.2 Å². The molecular formula is C17H21F3O2. The summed E-state index contributed by atoms with van der Waals surface area (Å²) in [6.45, 7) is 2.06. The van der Waals surface area contributed by atoms with E-state index in [-0.39, 0.29) is 34.7 Å². The number of phenolic OH excluding ortho intramolecular Hbond substituents is 1. The van der Waals surface area contributed by atoms with Crippen LogP contribution in [0.2, 0.25) is 0 Å². The predicted octanol–water partition coefficient (Wildman–Crippen LogP) is 4.46. The minimum Gasteiger partial charge on any atom is -0.508 e. The molecule has 0 aliphatic heterocycles. The van der Waals surface area contributed by atoms with E-state index in [0.29, 0.717) is 12.8 Å². The van der Waals surface area contributed by atoms with E-state index in [4.69, 9.17) is 0 Å². The van der Waals surface area contributed by atoms with Gasteiger partial charge in [-0.1, -0.05) is 13.0 Å². The molecule has 0 radical (unpaired) electrons. The van der Waals surface area contributed by atoms with E-state index in [9.17, 15) is 23.4 Å². The van der Waals surface area contributed by atoms with Gasteiger partial charge in [0.15, 0.2) is 0 Å². The van der Waals surface area contributed by atoms with Crippen molar-refractivity contribution >= 4 is 0 Å². The van der Waals surface area contributed by atoms with Crippen molar-refractivity contribution in [1.29, 1.82) is 0 Å². The predicted molar refractivity (Wildman–Crippen MR) is 76.5 cm³/mol. The average molecular weight is 314 g/mol. The van der Waals surface area contributed by atoms with Crippen molar-refractivity contribution in [3.05, 3.63) is 29.3 Å². The van der Waals surface area contributed by atoms with E-state index in [0.717, 1.165) is 25.3 Å². The Balaban J connectivity index is 1.91. The summed E-state index contributed by atoms with van der Waals surface area (Å²) in [4.78, 5) is 0. The number of alkyl halides is 3. The van der Waals surface area contributed by atoms with E-state index in [1.807, 2.05) is 0 Å². The van der Waals surface area contributed by atoms with Crippen LogP contribution in [0, 0.1) is 11.3 Å². The molecule has 0 saturated heterocycles. The Labute approximate surface area is 128 Å². The Morgan fingerprint density at radius 3 is 2.59 bits per heavy atom. The quantitative estimate of drug-likeness (QED) is 0.803. The Morgan fingerprint density at radius 1 is 1.18 bits per heavy atom. The fraction of sp³-hybridized carbons (Fsp3) is 0.647. The molecule has 2 aliphatic rings. The largest absolute Gasteiger partial charge is 0.508 e. The molecule has 4 atom stereocenters. The highest BCUT2D eigenvalue weighted by atomic mass is 19.4. The summed E-state index contributed by atoms with van der Waals surface area (Å²) < 4.78 is 39.7. The molecule has 3 rings (SSSR count). The molecule has 0 spiro atoms. The number of hydrogen-bond acceptors (Lipinski definition) is 2. The van der Waals surface area contributed by atoms with Crippen LogP contribution in [-0.2, 0) is 6.18 Å². The highest BCUT2D eigenvalue weighted by Crippen LogP contribution is 2.56. The van der Waals surface area contributed by atoms with Crippen LogP contribution in [0.15, 0.2) is 18.2 Å². The third kappa shape index (κ3) is 2.49. The van der Waals surface area contributed by atoms with Crippen LogP contribution >= 0.6 is 0 Å². The number of halogens is 3. The number of aliphatic hydroxyl groups excluding tert-OH is 1. The molecule has 0 unspecified atom stereocenters. The highest BCUT2D eigenvalue weighted by molar-refractivity contribution is 5.39. The lowest BCUT2D eigenvalue weighted by Crippen LogP contribution is -2.37. The minimum atomic E-state index is -4.45. The van der Waals surface area contributed by atoms with Crippen molar-refractivity contribution in [1.82, 2.24) is 0 Å². The van der Waals surface area contributed by atoms with E-state index >= 15 is 0 Å². The van der Waals surface area contributed by atoms with E-state index in [2.05, 4.69) is 6.92 Å². The van der Waals surface area contributed by atoms with Gasteiger partial charge in [0.05, 0.1) is 11.7 Å². The van der Waals surface area contributed by atoms with Gasteiger partial charge in [0.2, 0.25) is 0 Å². The van der Waals surface area contributed by atoms with Gasteiger partial charge in [0, 0.05) is 0 Å². The first-order valence-electron chi connectivity index (χ1n) is 7.80. The molecule has 0 bridgehead atoms. The standard InChI is InChI=1S/C17H21F3O2/c1-16-7-6-10(8-11(16)2-5-15(16)22)13-4-3-12(21)9-14(13)17(18,19)20/h3-4,9-11,15,21-22H,2,5-8H2,1H3/t10-,11-,15-,16-/m0/s1. The topological polar surface area (TPSA) is 40.5 Å². The number of phenols is 1. The molecule has 1 aromatic rings. The molecule has 122 valence electrons. The van der Waals surface area contributed by atoms with Gasteiger partial charge < -0.3 is 10.2 Å². The molecular weight excluding hydrogens is 293 g/mol. The summed E-state index contributed by atoms with van der Waals surface area (Å²) in [5, 5.41) is 19.5. The molecule has 1 aromatic carbocycles. The van der Waals surface area contributed by atoms with Crippen LogP contribution < -0.4 is 0 Å². The van der Waals surface area contributed by atoms with Crippen LogP contribution in [0.3, 0.4) is 0 Å². The Bertz CT molecular complexity index is 570. The normalized spacial score (nSPS) is 35.4. The van der Waals surface area contributed by atoms with Gasteiger partial charge in [0.1, 0.15) is 5.75 Å². The molecule has 5 heteroatoms. The molecule has 2 nitrogen and oxygen atoms in total. The van der Waals surface area contributed by atoms with Crippen LogP contribution in [0.5, 0.6) is 5.75 Å². The maximum atomic E-state index is 13.2. The molecule has 2 fully saturated rings. The fourth-order valence-corrected chi connectivity index (χ4v) is 4.42. The summed E-state index contributed by atoms with van der Waals surface area (Å²) in [6.07, 6.45) is -1.07. The Morgan fingerprint density at radius 2 is 1.91 bits per heavy atom. The summed E-state index contributed by atoms with van der Waals surface area (Å²) in [5.74, 6) is -0.232. The van der Waals surface area contributed by atoms with E-state index in [1.165, 1.54) is 12.1 Å². The van der Waals surface area contributed by atoms with Gasteiger partial charge in [-0.15, -0.1) is 0 Å². The van der Waals surface area contributed by atoms with Crippen molar-refractivity contribution in [2.75, 3.05) is 0 Å². The van der Waals surface area contributed by atoms with Crippen LogP contribution in [0.4, 0.5) is 13.2 Å². The minimum absolute atomic E-state index is 0.147. The van der Waals surface area contributed by atoms with E-state index < -0.39 is 11.7 Å². The van der Waals surface area contributed by atoms with Crippen molar-refractivity contribution < 1.29 is 23.4 Å². The van der Waals surface area contributed by atoms with Crippen LogP contribution in [-0.4, -0.2) is 16.3 Å². The number of fused-ring (bicyclic) bond motifs is 1. The first-order chi connectivity index (χ1) is 10.2. The first kappa shape index (κ1) is 15.7. The monoisotopic (exact) mass is 314 g/mol. The number of hydrogen-bond donors (Lipinski definition) is 2. The summed E-state index contributed by atoms with van der Waals surface area (Å²) in [5.41, 5.74) is -0.584. The van der Waals surface area contributed by atoms with Crippen molar-refractivity contribution in [3.63, 3.8) is 0 Å². The smallest absolute Gasteiger partial charge is 0.416 e. The average Bonchev–Trinajstić information content (AvgIpc) is 2.73. The lowest BCUT2D eigenvalue weighted by Gasteiger charge is -2.42. The Kier molecular flexibility index (Phi) is 3.67. The lowest BCUT2D eigenvalue weighted by atomic mass is 9.63. The molecule has 0 amide bonds. The maximum absolute atomic E-state index is 13.2. The number of benzene rings is 1. The van der Waals surface area contributed by atoms with Gasteiger partial charge in [0.25, 0.3) is 0 Å². The van der Waals surface area contributed by atoms with Crippen LogP contribution in [0.25, 0.3) is 0 Å². The van der Waals surface area contributed by atoms with Gasteiger partial charge in [-0.25, -0.2) is 0 Å². The van der Waals surface area contributed by atoms with E-state index in [1.54, 1.807) is 0 Å². The first-order valence-corrected chi connectivity index (χ1v) is 7.80. The zero-order chi connectivity index (χ0) is 16.1. The summed E-state index contributed by atoms with van der Waals surface area (Å²) in [7, 11) is 0. The second-order valence-electron chi connectivity index (χ2n) is 7.04. The summed E-state index contributed by atoms with van der Waals surface area (Å²) >= 11 is 0. The lowest BCUT2D eigenvalue weighted by molar-refractivity contribution is -0.138. The molecule has 2 aliphatic carbocycles. The molecule has 0 heterocycles. The van der Waals surface area contributed by atoms with Gasteiger partial charge >= 0.3 is 6.18 Å². The molecule has 2 saturated carbocycles. The number of rotatable bonds is 1. The second kappa shape index (κ2) is 5.15. The third-order valence-corrected chi connectivity index (χ3v) is 5.87. The highest BCUT2D eigenvalue weighted by Gasteiger charge is 2.49. The van der Waals surface area contributed by atoms with Crippen molar-refractivity contribution in [2.24, 2.45) is 11.3 Å². The molecule has 0 aromatic heterocycles. The Hall–Kier alpha value is -1.23. The number of aliphatic hydroxyl groups is 1.